The molecule has 0 saturated carbocycles. The first-order chi connectivity index (χ1) is 9.72. The van der Waals surface area contributed by atoms with E-state index in [4.69, 9.17) is 0 Å². The highest BCUT2D eigenvalue weighted by Gasteiger charge is 2.05. The van der Waals surface area contributed by atoms with E-state index in [1.54, 1.807) is 0 Å². The minimum Gasteiger partial charge on any atom is -0.341 e. The molecular formula is C15H13F2N3. The predicted molar refractivity (Wildman–Crippen MR) is 73.0 cm³/mol. The van der Waals surface area contributed by atoms with Crippen LogP contribution in [0, 0.1) is 11.6 Å². The van der Waals surface area contributed by atoms with Gasteiger partial charge in [0.1, 0.15) is 17.5 Å². The highest BCUT2D eigenvalue weighted by atomic mass is 19.1. The van der Waals surface area contributed by atoms with Gasteiger partial charge in [-0.3, -0.25) is 0 Å². The number of nitrogens with one attached hydrogen (secondary N) is 2. The molecule has 3 rings (SSSR count). The summed E-state index contributed by atoms with van der Waals surface area (Å²) in [5, 5.41) is 3.08. The van der Waals surface area contributed by atoms with Gasteiger partial charge in [0.05, 0.1) is 17.6 Å². The van der Waals surface area contributed by atoms with Crippen molar-refractivity contribution in [2.75, 3.05) is 0 Å². The molecule has 5 heteroatoms. The normalized spacial score (nSPS) is 11.1. The zero-order chi connectivity index (χ0) is 13.9. The first-order valence-corrected chi connectivity index (χ1v) is 6.30. The Morgan fingerprint density at radius 1 is 1.05 bits per heavy atom. The Labute approximate surface area is 114 Å². The molecule has 0 fully saturated rings. The van der Waals surface area contributed by atoms with Gasteiger partial charge in [-0.25, -0.2) is 13.8 Å². The van der Waals surface area contributed by atoms with Crippen LogP contribution in [0.25, 0.3) is 11.0 Å². The van der Waals surface area contributed by atoms with Crippen molar-refractivity contribution >= 4 is 11.0 Å². The summed E-state index contributed by atoms with van der Waals surface area (Å²) in [6, 6.07) is 11.3. The quantitative estimate of drug-likeness (QED) is 0.766. The zero-order valence-corrected chi connectivity index (χ0v) is 10.7. The van der Waals surface area contributed by atoms with Gasteiger partial charge in [-0.05, 0) is 18.2 Å². The molecule has 0 unspecified atom stereocenters. The van der Waals surface area contributed by atoms with E-state index in [1.165, 1.54) is 12.1 Å². The van der Waals surface area contributed by atoms with Crippen LogP contribution in [0.2, 0.25) is 0 Å². The van der Waals surface area contributed by atoms with Gasteiger partial charge in [-0.2, -0.15) is 0 Å². The topological polar surface area (TPSA) is 40.7 Å². The van der Waals surface area contributed by atoms with Gasteiger partial charge in [-0.1, -0.05) is 18.2 Å². The lowest BCUT2D eigenvalue weighted by Gasteiger charge is -2.04. The van der Waals surface area contributed by atoms with Crippen molar-refractivity contribution < 1.29 is 8.78 Å². The summed E-state index contributed by atoms with van der Waals surface area (Å²) in [5.74, 6) is -0.320. The van der Waals surface area contributed by atoms with Crippen LogP contribution in [0.5, 0.6) is 0 Å². The fraction of sp³-hybridized carbons (Fsp3) is 0.133. The molecule has 1 aromatic heterocycles. The second-order valence-electron chi connectivity index (χ2n) is 4.54. The molecule has 0 amide bonds. The predicted octanol–water partition coefficient (Wildman–Crippen LogP) is 3.13. The largest absolute Gasteiger partial charge is 0.341 e. The number of aromatic nitrogens is 2. The molecule has 3 nitrogen and oxygen atoms in total. The molecular weight excluding hydrogens is 260 g/mol. The van der Waals surface area contributed by atoms with Crippen LogP contribution >= 0.6 is 0 Å². The summed E-state index contributed by atoms with van der Waals surface area (Å²) in [7, 11) is 0. The first-order valence-electron chi connectivity index (χ1n) is 6.30. The average Bonchev–Trinajstić information content (AvgIpc) is 2.84. The third kappa shape index (κ3) is 2.67. The van der Waals surface area contributed by atoms with Crippen LogP contribution in [0.15, 0.2) is 42.5 Å². The molecule has 2 N–H and O–H groups in total. The second kappa shape index (κ2) is 5.38. The summed E-state index contributed by atoms with van der Waals surface area (Å²) in [6.45, 7) is 0.814. The summed E-state index contributed by atoms with van der Waals surface area (Å²) in [5.41, 5.74) is 2.30. The lowest BCUT2D eigenvalue weighted by Crippen LogP contribution is -2.14. The minimum atomic E-state index is -0.566. The Morgan fingerprint density at radius 3 is 2.70 bits per heavy atom. The number of benzene rings is 2. The summed E-state index contributed by atoms with van der Waals surface area (Å²) in [4.78, 5) is 7.59. The number of halogens is 2. The van der Waals surface area contributed by atoms with Crippen molar-refractivity contribution in [3.8, 4) is 0 Å². The summed E-state index contributed by atoms with van der Waals surface area (Å²) >= 11 is 0. The van der Waals surface area contributed by atoms with E-state index in [0.29, 0.717) is 18.7 Å². The van der Waals surface area contributed by atoms with E-state index in [0.717, 1.165) is 22.9 Å². The van der Waals surface area contributed by atoms with Gasteiger partial charge in [0.25, 0.3) is 0 Å². The maximum Gasteiger partial charge on any atom is 0.130 e. The molecule has 0 aliphatic rings. The third-order valence-electron chi connectivity index (χ3n) is 3.06. The standard InChI is InChI=1S/C15H13F2N3/c16-11-6-5-10(12(17)7-11)8-18-9-15-19-13-3-1-2-4-14(13)20-15/h1-7,18H,8-9H2,(H,19,20). The number of H-pyrrole nitrogens is 1. The van der Waals surface area contributed by atoms with Crippen LogP contribution in [-0.4, -0.2) is 9.97 Å². The maximum absolute atomic E-state index is 13.4. The number of rotatable bonds is 4. The van der Waals surface area contributed by atoms with Crippen molar-refractivity contribution in [3.05, 3.63) is 65.5 Å². The smallest absolute Gasteiger partial charge is 0.130 e. The van der Waals surface area contributed by atoms with E-state index in [-0.39, 0.29) is 0 Å². The van der Waals surface area contributed by atoms with E-state index in [1.807, 2.05) is 24.3 Å². The van der Waals surface area contributed by atoms with Crippen LogP contribution in [0.1, 0.15) is 11.4 Å². The number of para-hydroxylation sites is 2. The van der Waals surface area contributed by atoms with Crippen LogP contribution < -0.4 is 5.32 Å². The molecule has 0 saturated heterocycles. The second-order valence-corrected chi connectivity index (χ2v) is 4.54. The van der Waals surface area contributed by atoms with Gasteiger partial charge in [-0.15, -0.1) is 0 Å². The van der Waals surface area contributed by atoms with Crippen LogP contribution in [0.3, 0.4) is 0 Å². The number of hydrogen-bond donors (Lipinski definition) is 2. The summed E-state index contributed by atoms with van der Waals surface area (Å²) in [6.07, 6.45) is 0. The molecule has 0 aliphatic carbocycles. The molecule has 0 spiro atoms. The van der Waals surface area contributed by atoms with Crippen LogP contribution in [0.4, 0.5) is 8.78 Å². The van der Waals surface area contributed by atoms with Crippen molar-refractivity contribution in [2.45, 2.75) is 13.1 Å². The zero-order valence-electron chi connectivity index (χ0n) is 10.7. The molecule has 0 atom stereocenters. The monoisotopic (exact) mass is 273 g/mol. The van der Waals surface area contributed by atoms with E-state index < -0.39 is 11.6 Å². The highest BCUT2D eigenvalue weighted by molar-refractivity contribution is 5.74. The Bertz CT molecular complexity index is 704. The maximum atomic E-state index is 13.4. The van der Waals surface area contributed by atoms with Crippen molar-refractivity contribution in [2.24, 2.45) is 0 Å². The van der Waals surface area contributed by atoms with Crippen molar-refractivity contribution in [3.63, 3.8) is 0 Å². The Kier molecular flexibility index (Phi) is 3.43. The number of nitrogens with zero attached hydrogens (tertiary/aromatic N) is 1. The SMILES string of the molecule is Fc1ccc(CNCc2nc3ccccc3[nH]2)c(F)c1. The van der Waals surface area contributed by atoms with Gasteiger partial charge in [0, 0.05) is 18.2 Å². The molecule has 3 aromatic rings. The minimum absolute atomic E-state index is 0.323. The molecule has 0 bridgehead atoms. The number of aromatic amines is 1. The average molecular weight is 273 g/mol. The van der Waals surface area contributed by atoms with Gasteiger partial charge >= 0.3 is 0 Å². The van der Waals surface area contributed by atoms with Gasteiger partial charge < -0.3 is 10.3 Å². The molecule has 20 heavy (non-hydrogen) atoms. The molecule has 0 radical (unpaired) electrons. The lowest BCUT2D eigenvalue weighted by molar-refractivity contribution is 0.558. The van der Waals surface area contributed by atoms with Gasteiger partial charge in [0.2, 0.25) is 0 Å². The summed E-state index contributed by atoms with van der Waals surface area (Å²) < 4.78 is 26.2. The fourth-order valence-electron chi connectivity index (χ4n) is 2.07. The number of imidazole rings is 1. The van der Waals surface area contributed by atoms with Crippen LogP contribution in [-0.2, 0) is 13.1 Å². The third-order valence-corrected chi connectivity index (χ3v) is 3.06. The first kappa shape index (κ1) is 12.7. The molecule has 102 valence electrons. The van der Waals surface area contributed by atoms with E-state index in [9.17, 15) is 8.78 Å². The van der Waals surface area contributed by atoms with Crippen molar-refractivity contribution in [1.29, 1.82) is 0 Å². The van der Waals surface area contributed by atoms with Crippen molar-refractivity contribution in [1.82, 2.24) is 15.3 Å². The van der Waals surface area contributed by atoms with E-state index >= 15 is 0 Å². The highest BCUT2D eigenvalue weighted by Crippen LogP contribution is 2.11. The Balaban J connectivity index is 1.64. The molecule has 0 aliphatic heterocycles. The van der Waals surface area contributed by atoms with Gasteiger partial charge in [0.15, 0.2) is 0 Å². The fourth-order valence-corrected chi connectivity index (χ4v) is 2.07. The molecule has 2 aromatic carbocycles. The Hall–Kier alpha value is -2.27. The lowest BCUT2D eigenvalue weighted by atomic mass is 10.2. The van der Waals surface area contributed by atoms with E-state index in [2.05, 4.69) is 15.3 Å². The molecule has 1 heterocycles. The number of fused-ring (bicyclic) bond motifs is 1. The Morgan fingerprint density at radius 2 is 1.90 bits per heavy atom. The number of hydrogen-bond acceptors (Lipinski definition) is 2.